The van der Waals surface area contributed by atoms with Crippen LogP contribution in [0.4, 0.5) is 0 Å². The van der Waals surface area contributed by atoms with Crippen LogP contribution in [0.5, 0.6) is 0 Å². The molecule has 0 aliphatic rings. The average molecular weight is 169 g/mol. The van der Waals surface area contributed by atoms with E-state index < -0.39 is 0 Å². The summed E-state index contributed by atoms with van der Waals surface area (Å²) in [5.41, 5.74) is 0. The van der Waals surface area contributed by atoms with Crippen molar-refractivity contribution in [1.29, 1.82) is 0 Å². The molecule has 0 aliphatic carbocycles. The predicted octanol–water partition coefficient (Wildman–Crippen LogP) is 4.60. The van der Waals surface area contributed by atoms with E-state index in [2.05, 4.69) is 27.2 Å². The monoisotopic (exact) mass is 169 g/mol. The molecule has 1 atom stereocenters. The lowest BCUT2D eigenvalue weighted by Crippen LogP contribution is -1.99. The Morgan fingerprint density at radius 1 is 1.00 bits per heavy atom. The van der Waals surface area contributed by atoms with Crippen LogP contribution >= 0.6 is 0 Å². The summed E-state index contributed by atoms with van der Waals surface area (Å²) in [7, 11) is 0. The van der Waals surface area contributed by atoms with Gasteiger partial charge in [0.05, 0.1) is 0 Å². The first kappa shape index (κ1) is 12.0. The van der Waals surface area contributed by atoms with E-state index in [9.17, 15) is 0 Å². The van der Waals surface area contributed by atoms with Gasteiger partial charge in [-0.15, -0.1) is 0 Å². The van der Waals surface area contributed by atoms with Crippen LogP contribution in [0.2, 0.25) is 0 Å². The molecule has 0 heterocycles. The normalized spacial score (nSPS) is 13.2. The zero-order valence-electron chi connectivity index (χ0n) is 9.10. The molecule has 12 heavy (non-hydrogen) atoms. The number of rotatable bonds is 8. The average Bonchev–Trinajstić information content (AvgIpc) is 2.11. The van der Waals surface area contributed by atoms with Gasteiger partial charge in [-0.05, 0) is 18.8 Å². The molecule has 0 spiro atoms. The molecule has 0 rings (SSSR count). The van der Waals surface area contributed by atoms with E-state index in [1.54, 1.807) is 0 Å². The molecule has 1 radical (unpaired) electrons. The van der Waals surface area contributed by atoms with Crippen molar-refractivity contribution in [2.45, 2.75) is 65.7 Å². The maximum absolute atomic E-state index is 2.54. The van der Waals surface area contributed by atoms with E-state index in [1.807, 2.05) is 0 Å². The lowest BCUT2D eigenvalue weighted by molar-refractivity contribution is 0.488. The van der Waals surface area contributed by atoms with Crippen LogP contribution in [0.3, 0.4) is 0 Å². The van der Waals surface area contributed by atoms with E-state index in [-0.39, 0.29) is 0 Å². The van der Waals surface area contributed by atoms with Crippen molar-refractivity contribution in [1.82, 2.24) is 0 Å². The van der Waals surface area contributed by atoms with E-state index >= 15 is 0 Å². The molecule has 73 valence electrons. The predicted molar refractivity (Wildman–Crippen MR) is 57.1 cm³/mol. The highest BCUT2D eigenvalue weighted by molar-refractivity contribution is 4.74. The van der Waals surface area contributed by atoms with Gasteiger partial charge in [0, 0.05) is 0 Å². The highest BCUT2D eigenvalue weighted by Gasteiger charge is 2.04. The fourth-order valence-electron chi connectivity index (χ4n) is 1.51. The Labute approximate surface area is 78.8 Å². The van der Waals surface area contributed by atoms with E-state index in [1.165, 1.54) is 44.9 Å². The third kappa shape index (κ3) is 6.69. The van der Waals surface area contributed by atoms with Crippen LogP contribution in [-0.2, 0) is 0 Å². The van der Waals surface area contributed by atoms with Gasteiger partial charge in [0.25, 0.3) is 0 Å². The lowest BCUT2D eigenvalue weighted by atomic mass is 9.93. The van der Waals surface area contributed by atoms with Crippen molar-refractivity contribution in [3.63, 3.8) is 0 Å². The Morgan fingerprint density at radius 2 is 1.67 bits per heavy atom. The van der Waals surface area contributed by atoms with Crippen LogP contribution in [0, 0.1) is 12.3 Å². The topological polar surface area (TPSA) is 0 Å². The first-order valence-corrected chi connectivity index (χ1v) is 5.68. The fraction of sp³-hybridized carbons (Fsp3) is 0.917. The van der Waals surface area contributed by atoms with Crippen LogP contribution < -0.4 is 0 Å². The number of unbranched alkanes of at least 4 members (excludes halogenated alkanes) is 3. The fourth-order valence-corrected chi connectivity index (χ4v) is 1.51. The Bertz CT molecular complexity index is 76.1. The van der Waals surface area contributed by atoms with Gasteiger partial charge in [-0.1, -0.05) is 59.3 Å². The molecule has 0 aromatic heterocycles. The van der Waals surface area contributed by atoms with Gasteiger partial charge in [0.15, 0.2) is 0 Å². The van der Waals surface area contributed by atoms with Gasteiger partial charge in [0.2, 0.25) is 0 Å². The van der Waals surface area contributed by atoms with E-state index in [0.717, 1.165) is 5.92 Å². The summed E-state index contributed by atoms with van der Waals surface area (Å²) in [6, 6.07) is 0. The minimum atomic E-state index is 0.900. The quantitative estimate of drug-likeness (QED) is 0.466. The first-order valence-electron chi connectivity index (χ1n) is 5.68. The van der Waals surface area contributed by atoms with Crippen molar-refractivity contribution < 1.29 is 0 Å². The molecule has 0 saturated carbocycles. The van der Waals surface area contributed by atoms with Crippen molar-refractivity contribution >= 4 is 0 Å². The molecule has 0 aromatic rings. The van der Waals surface area contributed by atoms with E-state index in [0.29, 0.717) is 0 Å². The SMILES string of the molecule is CCCC[CH]C(CC)CCCC. The summed E-state index contributed by atoms with van der Waals surface area (Å²) >= 11 is 0. The maximum Gasteiger partial charge on any atom is -0.0355 e. The molecule has 0 aliphatic heterocycles. The van der Waals surface area contributed by atoms with Crippen molar-refractivity contribution in [3.05, 3.63) is 6.42 Å². The summed E-state index contributed by atoms with van der Waals surface area (Å²) in [5.74, 6) is 0.900. The van der Waals surface area contributed by atoms with Gasteiger partial charge in [-0.3, -0.25) is 0 Å². The highest BCUT2D eigenvalue weighted by Crippen LogP contribution is 2.18. The minimum absolute atomic E-state index is 0.900. The van der Waals surface area contributed by atoms with Gasteiger partial charge >= 0.3 is 0 Å². The minimum Gasteiger partial charge on any atom is -0.0654 e. The highest BCUT2D eigenvalue weighted by atomic mass is 14.1. The van der Waals surface area contributed by atoms with Crippen LogP contribution in [0.15, 0.2) is 0 Å². The van der Waals surface area contributed by atoms with Crippen LogP contribution in [-0.4, -0.2) is 0 Å². The molecule has 0 nitrogen and oxygen atoms in total. The Morgan fingerprint density at radius 3 is 2.17 bits per heavy atom. The van der Waals surface area contributed by atoms with E-state index in [4.69, 9.17) is 0 Å². The molecule has 0 aromatic carbocycles. The molecule has 0 N–H and O–H groups in total. The molecule has 1 unspecified atom stereocenters. The summed E-state index contributed by atoms with van der Waals surface area (Å²) in [5, 5.41) is 0. The van der Waals surface area contributed by atoms with Gasteiger partial charge < -0.3 is 0 Å². The smallest absolute Gasteiger partial charge is 0.0355 e. The van der Waals surface area contributed by atoms with Crippen molar-refractivity contribution in [3.8, 4) is 0 Å². The zero-order chi connectivity index (χ0) is 9.23. The Balaban J connectivity index is 3.26. The first-order chi connectivity index (χ1) is 5.85. The second-order valence-corrected chi connectivity index (χ2v) is 3.69. The van der Waals surface area contributed by atoms with Gasteiger partial charge in [-0.25, -0.2) is 0 Å². The van der Waals surface area contributed by atoms with Crippen molar-refractivity contribution in [2.24, 2.45) is 5.92 Å². The third-order valence-corrected chi connectivity index (χ3v) is 2.51. The molecule has 0 saturated heterocycles. The number of hydrogen-bond donors (Lipinski definition) is 0. The molecule has 0 fully saturated rings. The lowest BCUT2D eigenvalue weighted by Gasteiger charge is -2.12. The van der Waals surface area contributed by atoms with Crippen LogP contribution in [0.1, 0.15) is 65.7 Å². The zero-order valence-corrected chi connectivity index (χ0v) is 9.10. The summed E-state index contributed by atoms with van der Waals surface area (Å²) < 4.78 is 0. The van der Waals surface area contributed by atoms with Crippen molar-refractivity contribution in [2.75, 3.05) is 0 Å². The number of hydrogen-bond acceptors (Lipinski definition) is 0. The standard InChI is InChI=1S/C12H25/c1-4-7-9-11-12(6-3)10-8-5-2/h11-12H,4-10H2,1-3H3. The summed E-state index contributed by atoms with van der Waals surface area (Å²) in [6.07, 6.45) is 12.1. The molecule has 0 bridgehead atoms. The second-order valence-electron chi connectivity index (χ2n) is 3.69. The maximum atomic E-state index is 2.54. The Hall–Kier alpha value is 0. The molecular formula is C12H25. The molecular weight excluding hydrogens is 144 g/mol. The Kier molecular flexibility index (Phi) is 9.09. The van der Waals surface area contributed by atoms with Crippen LogP contribution in [0.25, 0.3) is 0 Å². The third-order valence-electron chi connectivity index (χ3n) is 2.51. The largest absolute Gasteiger partial charge is 0.0654 e. The second kappa shape index (κ2) is 9.09. The summed E-state index contributed by atoms with van der Waals surface area (Å²) in [4.78, 5) is 0. The summed E-state index contributed by atoms with van der Waals surface area (Å²) in [6.45, 7) is 6.85. The van der Waals surface area contributed by atoms with Gasteiger partial charge in [0.1, 0.15) is 0 Å². The van der Waals surface area contributed by atoms with Gasteiger partial charge in [-0.2, -0.15) is 0 Å². The molecule has 0 amide bonds. The molecule has 0 heteroatoms.